The van der Waals surface area contributed by atoms with Crippen LogP contribution in [0.2, 0.25) is 5.02 Å². The second-order valence-electron chi connectivity index (χ2n) is 8.14. The second-order valence-corrected chi connectivity index (χ2v) is 8.58. The molecule has 1 unspecified atom stereocenters. The highest BCUT2D eigenvalue weighted by Crippen LogP contribution is 2.39. The fourth-order valence-corrected chi connectivity index (χ4v) is 4.57. The Kier molecular flexibility index (Phi) is 5.09. The van der Waals surface area contributed by atoms with Gasteiger partial charge < -0.3 is 9.64 Å². The smallest absolute Gasteiger partial charge is 0.126 e. The number of hydrogen-bond donors (Lipinski definition) is 0. The molecular weight excluding hydrogens is 396 g/mol. The topological polar surface area (TPSA) is 43.2 Å². The molecule has 3 aromatic rings. The predicted molar refractivity (Wildman–Crippen MR) is 120 cm³/mol. The fourth-order valence-electron chi connectivity index (χ4n) is 4.39. The number of aromatic nitrogens is 3. The normalized spacial score (nSPS) is 18.9. The van der Waals surface area contributed by atoms with E-state index in [-0.39, 0.29) is 6.10 Å². The summed E-state index contributed by atoms with van der Waals surface area (Å²) in [4.78, 5) is 2.34. The van der Waals surface area contributed by atoms with Crippen LogP contribution in [0.3, 0.4) is 0 Å². The fraction of sp³-hybridized carbons (Fsp3) is 0.333. The summed E-state index contributed by atoms with van der Waals surface area (Å²) in [6, 6.07) is 14.4. The van der Waals surface area contributed by atoms with E-state index in [1.54, 1.807) is 0 Å². The molecule has 0 saturated heterocycles. The van der Waals surface area contributed by atoms with E-state index in [0.717, 1.165) is 55.2 Å². The number of benzene rings is 2. The molecule has 30 heavy (non-hydrogen) atoms. The van der Waals surface area contributed by atoms with Crippen molar-refractivity contribution in [3.63, 3.8) is 0 Å². The minimum absolute atomic E-state index is 0.0774. The monoisotopic (exact) mass is 420 g/mol. The molecule has 0 aliphatic carbocycles. The number of rotatable bonds is 3. The van der Waals surface area contributed by atoms with Crippen molar-refractivity contribution < 1.29 is 4.74 Å². The van der Waals surface area contributed by atoms with E-state index in [1.165, 1.54) is 16.7 Å². The van der Waals surface area contributed by atoms with Crippen LogP contribution < -0.4 is 4.74 Å². The van der Waals surface area contributed by atoms with Crippen molar-refractivity contribution in [3.8, 4) is 17.0 Å². The van der Waals surface area contributed by atoms with Gasteiger partial charge in [-0.05, 0) is 55.8 Å². The molecule has 0 fully saturated rings. The number of likely N-dealkylation sites (N-methyl/N-ethyl adjacent to an activating group) is 1. The molecule has 0 N–H and O–H groups in total. The van der Waals surface area contributed by atoms with Gasteiger partial charge in [0.05, 0.1) is 11.4 Å². The number of hydrogen-bond acceptors (Lipinski definition) is 4. The lowest BCUT2D eigenvalue weighted by Gasteiger charge is -2.24. The van der Waals surface area contributed by atoms with Crippen LogP contribution in [0.1, 0.15) is 35.8 Å². The first-order chi connectivity index (χ1) is 14.6. The Balaban J connectivity index is 1.59. The van der Waals surface area contributed by atoms with Gasteiger partial charge in [0.1, 0.15) is 11.9 Å². The number of nitrogens with zero attached hydrogens (tertiary/aromatic N) is 4. The van der Waals surface area contributed by atoms with Crippen molar-refractivity contribution in [1.29, 1.82) is 0 Å². The Labute approximate surface area is 181 Å². The van der Waals surface area contributed by atoms with Crippen molar-refractivity contribution in [1.82, 2.24) is 19.9 Å². The zero-order chi connectivity index (χ0) is 20.7. The van der Waals surface area contributed by atoms with E-state index < -0.39 is 0 Å². The molecule has 5 nitrogen and oxygen atoms in total. The molecule has 0 amide bonds. The average Bonchev–Trinajstić information content (AvgIpc) is 3.03. The van der Waals surface area contributed by atoms with E-state index in [2.05, 4.69) is 46.5 Å². The first kappa shape index (κ1) is 19.3. The van der Waals surface area contributed by atoms with Crippen LogP contribution in [0.5, 0.6) is 5.75 Å². The van der Waals surface area contributed by atoms with Gasteiger partial charge in [0.15, 0.2) is 0 Å². The van der Waals surface area contributed by atoms with Crippen LogP contribution in [0.4, 0.5) is 0 Å². The van der Waals surface area contributed by atoms with Crippen molar-refractivity contribution in [2.45, 2.75) is 32.4 Å². The van der Waals surface area contributed by atoms with Gasteiger partial charge in [0, 0.05) is 42.2 Å². The maximum absolute atomic E-state index is 6.47. The Morgan fingerprint density at radius 2 is 2.03 bits per heavy atom. The van der Waals surface area contributed by atoms with Crippen LogP contribution >= 0.6 is 11.6 Å². The van der Waals surface area contributed by atoms with Crippen LogP contribution in [0, 0.1) is 6.92 Å². The summed E-state index contributed by atoms with van der Waals surface area (Å²) in [6.45, 7) is 4.86. The molecule has 2 aliphatic rings. The maximum atomic E-state index is 6.47. The molecule has 2 aromatic carbocycles. The number of ether oxygens (including phenoxy) is 1. The van der Waals surface area contributed by atoms with Gasteiger partial charge in [0.2, 0.25) is 0 Å². The molecule has 0 bridgehead atoms. The van der Waals surface area contributed by atoms with Crippen LogP contribution in [-0.2, 0) is 6.54 Å². The van der Waals surface area contributed by atoms with Gasteiger partial charge >= 0.3 is 0 Å². The minimum atomic E-state index is -0.0774. The van der Waals surface area contributed by atoms with Crippen LogP contribution in [0.15, 0.2) is 48.5 Å². The maximum Gasteiger partial charge on any atom is 0.126 e. The third-order valence-electron chi connectivity index (χ3n) is 6.02. The molecule has 154 valence electrons. The SMILES string of the molecule is Cc1nnn2c1-c1ccc(C3=CCN(C)CC3)cc1C(Oc1cccc(Cl)c1)CC2. The zero-order valence-electron chi connectivity index (χ0n) is 17.3. The largest absolute Gasteiger partial charge is 0.486 e. The van der Waals surface area contributed by atoms with Gasteiger partial charge in [-0.15, -0.1) is 5.10 Å². The zero-order valence-corrected chi connectivity index (χ0v) is 18.1. The van der Waals surface area contributed by atoms with Gasteiger partial charge in [-0.25, -0.2) is 4.68 Å². The molecule has 1 atom stereocenters. The molecule has 1 aromatic heterocycles. The molecule has 2 aliphatic heterocycles. The van der Waals surface area contributed by atoms with Crippen molar-refractivity contribution in [2.75, 3.05) is 20.1 Å². The highest BCUT2D eigenvalue weighted by Gasteiger charge is 2.27. The Morgan fingerprint density at radius 3 is 2.83 bits per heavy atom. The number of fused-ring (bicyclic) bond motifs is 3. The lowest BCUT2D eigenvalue weighted by Crippen LogP contribution is -2.23. The van der Waals surface area contributed by atoms with Crippen molar-refractivity contribution in [2.24, 2.45) is 0 Å². The van der Waals surface area contributed by atoms with Crippen LogP contribution in [-0.4, -0.2) is 40.0 Å². The highest BCUT2D eigenvalue weighted by molar-refractivity contribution is 6.30. The van der Waals surface area contributed by atoms with Gasteiger partial charge in [0.25, 0.3) is 0 Å². The molecule has 0 radical (unpaired) electrons. The summed E-state index contributed by atoms with van der Waals surface area (Å²) in [5.41, 5.74) is 7.07. The van der Waals surface area contributed by atoms with Gasteiger partial charge in [-0.3, -0.25) is 0 Å². The number of halogens is 1. The molecule has 3 heterocycles. The van der Waals surface area contributed by atoms with Gasteiger partial charge in [-0.1, -0.05) is 41.1 Å². The van der Waals surface area contributed by atoms with Crippen molar-refractivity contribution in [3.05, 3.63) is 70.4 Å². The van der Waals surface area contributed by atoms with E-state index in [1.807, 2.05) is 35.9 Å². The standard InChI is InChI=1S/C24H25ClN4O/c1-16-24-21-7-6-18(17-8-11-28(2)12-9-17)14-22(21)23(10-13-29(24)27-26-16)30-20-5-3-4-19(25)15-20/h3-8,14-15,23H,9-13H2,1-2H3. The summed E-state index contributed by atoms with van der Waals surface area (Å²) < 4.78 is 8.47. The summed E-state index contributed by atoms with van der Waals surface area (Å²) in [6.07, 6.45) is 4.14. The van der Waals surface area contributed by atoms with E-state index in [0.29, 0.717) is 5.02 Å². The Bertz CT molecular complexity index is 1120. The number of aryl methyl sites for hydroxylation is 2. The average molecular weight is 421 g/mol. The van der Waals surface area contributed by atoms with Crippen LogP contribution in [0.25, 0.3) is 16.8 Å². The summed E-state index contributed by atoms with van der Waals surface area (Å²) in [5.74, 6) is 0.789. The van der Waals surface area contributed by atoms with Crippen molar-refractivity contribution >= 4 is 17.2 Å². The summed E-state index contributed by atoms with van der Waals surface area (Å²) in [7, 11) is 2.16. The predicted octanol–water partition coefficient (Wildman–Crippen LogP) is 5.15. The Hall–Kier alpha value is -2.63. The molecule has 6 heteroatoms. The first-order valence-electron chi connectivity index (χ1n) is 10.4. The first-order valence-corrected chi connectivity index (χ1v) is 10.8. The van der Waals surface area contributed by atoms with Gasteiger partial charge in [-0.2, -0.15) is 0 Å². The minimum Gasteiger partial charge on any atom is -0.486 e. The third-order valence-corrected chi connectivity index (χ3v) is 6.25. The highest BCUT2D eigenvalue weighted by atomic mass is 35.5. The lowest BCUT2D eigenvalue weighted by atomic mass is 9.91. The molecule has 0 spiro atoms. The van der Waals surface area contributed by atoms with E-state index in [4.69, 9.17) is 16.3 Å². The third kappa shape index (κ3) is 3.64. The molecule has 0 saturated carbocycles. The second kappa shape index (κ2) is 7.89. The lowest BCUT2D eigenvalue weighted by molar-refractivity contribution is 0.189. The Morgan fingerprint density at radius 1 is 1.13 bits per heavy atom. The summed E-state index contributed by atoms with van der Waals surface area (Å²) >= 11 is 6.20. The van der Waals surface area contributed by atoms with E-state index in [9.17, 15) is 0 Å². The van der Waals surface area contributed by atoms with E-state index >= 15 is 0 Å². The molecular formula is C24H25ClN4O. The summed E-state index contributed by atoms with van der Waals surface area (Å²) in [5, 5.41) is 9.36. The molecule has 5 rings (SSSR count). The quantitative estimate of drug-likeness (QED) is 0.587.